The van der Waals surface area contributed by atoms with Crippen LogP contribution >= 0.6 is 0 Å². The second-order valence-electron chi connectivity index (χ2n) is 4.11. The quantitative estimate of drug-likeness (QED) is 0.681. The van der Waals surface area contributed by atoms with Gasteiger partial charge in [-0.2, -0.15) is 0 Å². The van der Waals surface area contributed by atoms with Crippen LogP contribution in [0.15, 0.2) is 0 Å². The fraction of sp³-hybridized carbons (Fsp3) is 0.900. The monoisotopic (exact) mass is 169 g/mol. The summed E-state index contributed by atoms with van der Waals surface area (Å²) in [5, 5.41) is 0. The van der Waals surface area contributed by atoms with Crippen LogP contribution in [-0.4, -0.2) is 11.8 Å². The van der Waals surface area contributed by atoms with E-state index in [4.69, 9.17) is 5.73 Å². The summed E-state index contributed by atoms with van der Waals surface area (Å²) in [6.07, 6.45) is 4.76. The third kappa shape index (κ3) is 2.94. The minimum Gasteiger partial charge on any atom is -0.322 e. The molecule has 0 bridgehead atoms. The van der Waals surface area contributed by atoms with Crippen molar-refractivity contribution in [1.29, 1.82) is 0 Å². The molecule has 0 aromatic heterocycles. The lowest BCUT2D eigenvalue weighted by Crippen LogP contribution is -2.28. The molecule has 0 aromatic carbocycles. The molecule has 0 radical (unpaired) electrons. The van der Waals surface area contributed by atoms with E-state index in [0.29, 0.717) is 0 Å². The molecule has 1 aliphatic rings. The van der Waals surface area contributed by atoms with Crippen LogP contribution in [0.3, 0.4) is 0 Å². The van der Waals surface area contributed by atoms with Gasteiger partial charge in [0.15, 0.2) is 0 Å². The first-order chi connectivity index (χ1) is 5.61. The van der Waals surface area contributed by atoms with Gasteiger partial charge in [-0.05, 0) is 44.4 Å². The summed E-state index contributed by atoms with van der Waals surface area (Å²) >= 11 is 0. The molecule has 0 heterocycles. The average Bonchev–Trinajstić information content (AvgIpc) is 2.81. The molecule has 0 saturated heterocycles. The Morgan fingerprint density at radius 2 is 2.08 bits per heavy atom. The largest absolute Gasteiger partial charge is 0.322 e. The molecule has 1 saturated carbocycles. The standard InChI is InChI=1S/C10H19NO/c1-7(9-4-5-9)3-6-10(11)8(2)12/h7,9-10H,3-6,11H2,1-2H3/t7-,10+/m1/s1. The Morgan fingerprint density at radius 1 is 1.50 bits per heavy atom. The highest BCUT2D eigenvalue weighted by Crippen LogP contribution is 2.38. The van der Waals surface area contributed by atoms with Crippen LogP contribution in [0.5, 0.6) is 0 Å². The summed E-state index contributed by atoms with van der Waals surface area (Å²) in [5.41, 5.74) is 5.64. The zero-order valence-corrected chi connectivity index (χ0v) is 8.05. The van der Waals surface area contributed by atoms with Gasteiger partial charge in [0.25, 0.3) is 0 Å². The lowest BCUT2D eigenvalue weighted by Gasteiger charge is -2.12. The molecular formula is C10H19NO. The normalized spacial score (nSPS) is 21.9. The second kappa shape index (κ2) is 4.04. The molecule has 2 heteroatoms. The van der Waals surface area contributed by atoms with Gasteiger partial charge in [0.05, 0.1) is 6.04 Å². The van der Waals surface area contributed by atoms with Gasteiger partial charge in [-0.1, -0.05) is 6.92 Å². The topological polar surface area (TPSA) is 43.1 Å². The summed E-state index contributed by atoms with van der Waals surface area (Å²) in [6.45, 7) is 3.84. The van der Waals surface area contributed by atoms with Crippen molar-refractivity contribution in [3.63, 3.8) is 0 Å². The van der Waals surface area contributed by atoms with E-state index >= 15 is 0 Å². The number of ketones is 1. The predicted octanol–water partition coefficient (Wildman–Crippen LogP) is 1.73. The van der Waals surface area contributed by atoms with Gasteiger partial charge in [0.2, 0.25) is 0 Å². The van der Waals surface area contributed by atoms with E-state index in [1.807, 2.05) is 0 Å². The Morgan fingerprint density at radius 3 is 2.50 bits per heavy atom. The van der Waals surface area contributed by atoms with Crippen LogP contribution in [0.2, 0.25) is 0 Å². The van der Waals surface area contributed by atoms with Gasteiger partial charge in [-0.15, -0.1) is 0 Å². The van der Waals surface area contributed by atoms with E-state index in [1.165, 1.54) is 12.8 Å². The Bertz CT molecular complexity index is 163. The van der Waals surface area contributed by atoms with Crippen LogP contribution in [-0.2, 0) is 4.79 Å². The van der Waals surface area contributed by atoms with Crippen molar-refractivity contribution < 1.29 is 4.79 Å². The van der Waals surface area contributed by atoms with Gasteiger partial charge < -0.3 is 5.73 Å². The van der Waals surface area contributed by atoms with Crippen molar-refractivity contribution in [1.82, 2.24) is 0 Å². The lowest BCUT2D eigenvalue weighted by atomic mass is 9.96. The minimum atomic E-state index is -0.216. The van der Waals surface area contributed by atoms with Crippen molar-refractivity contribution in [2.24, 2.45) is 17.6 Å². The number of carbonyl (C=O) groups is 1. The van der Waals surface area contributed by atoms with Crippen LogP contribution in [0, 0.1) is 11.8 Å². The Labute approximate surface area is 74.5 Å². The zero-order valence-electron chi connectivity index (χ0n) is 8.05. The molecule has 12 heavy (non-hydrogen) atoms. The van der Waals surface area contributed by atoms with Crippen LogP contribution in [0.1, 0.15) is 39.5 Å². The molecule has 0 unspecified atom stereocenters. The summed E-state index contributed by atoms with van der Waals surface area (Å²) in [4.78, 5) is 10.8. The Hall–Kier alpha value is -0.370. The average molecular weight is 169 g/mol. The second-order valence-corrected chi connectivity index (χ2v) is 4.11. The van der Waals surface area contributed by atoms with Gasteiger partial charge in [-0.3, -0.25) is 4.79 Å². The smallest absolute Gasteiger partial charge is 0.146 e. The van der Waals surface area contributed by atoms with E-state index < -0.39 is 0 Å². The van der Waals surface area contributed by atoms with Crippen molar-refractivity contribution in [2.45, 2.75) is 45.6 Å². The molecule has 2 nitrogen and oxygen atoms in total. The van der Waals surface area contributed by atoms with E-state index in [0.717, 1.165) is 24.7 Å². The van der Waals surface area contributed by atoms with Gasteiger partial charge in [0.1, 0.15) is 5.78 Å². The number of hydrogen-bond acceptors (Lipinski definition) is 2. The fourth-order valence-corrected chi connectivity index (χ4v) is 1.55. The molecule has 70 valence electrons. The number of hydrogen-bond donors (Lipinski definition) is 1. The van der Waals surface area contributed by atoms with Crippen molar-refractivity contribution in [2.75, 3.05) is 0 Å². The van der Waals surface area contributed by atoms with Gasteiger partial charge in [-0.25, -0.2) is 0 Å². The third-order valence-electron chi connectivity index (χ3n) is 2.88. The molecule has 1 aliphatic carbocycles. The van der Waals surface area contributed by atoms with Crippen LogP contribution < -0.4 is 5.73 Å². The number of Topliss-reactive ketones (excluding diaryl/α,β-unsaturated/α-hetero) is 1. The number of carbonyl (C=O) groups excluding carboxylic acids is 1. The SMILES string of the molecule is CC(=O)[C@@H](N)CC[C@@H](C)C1CC1. The highest BCUT2D eigenvalue weighted by Gasteiger charge is 2.27. The molecule has 0 aromatic rings. The molecule has 1 fully saturated rings. The van der Waals surface area contributed by atoms with E-state index in [-0.39, 0.29) is 11.8 Å². The fourth-order valence-electron chi connectivity index (χ4n) is 1.55. The highest BCUT2D eigenvalue weighted by molar-refractivity contribution is 5.81. The van der Waals surface area contributed by atoms with E-state index in [2.05, 4.69) is 6.92 Å². The summed E-state index contributed by atoms with van der Waals surface area (Å²) < 4.78 is 0. The van der Waals surface area contributed by atoms with Crippen LogP contribution in [0.25, 0.3) is 0 Å². The first-order valence-electron chi connectivity index (χ1n) is 4.87. The Balaban J connectivity index is 2.11. The maximum Gasteiger partial charge on any atom is 0.146 e. The first kappa shape index (κ1) is 9.72. The number of nitrogens with two attached hydrogens (primary N) is 1. The summed E-state index contributed by atoms with van der Waals surface area (Å²) in [5.74, 6) is 1.83. The molecule has 0 spiro atoms. The lowest BCUT2D eigenvalue weighted by molar-refractivity contribution is -0.118. The van der Waals surface area contributed by atoms with Gasteiger partial charge in [0, 0.05) is 0 Å². The number of rotatable bonds is 5. The molecular weight excluding hydrogens is 150 g/mol. The summed E-state index contributed by atoms with van der Waals surface area (Å²) in [7, 11) is 0. The Kier molecular flexibility index (Phi) is 3.27. The predicted molar refractivity (Wildman–Crippen MR) is 49.8 cm³/mol. The molecule has 2 atom stereocenters. The minimum absolute atomic E-state index is 0.123. The maximum atomic E-state index is 10.8. The maximum absolute atomic E-state index is 10.8. The van der Waals surface area contributed by atoms with Crippen molar-refractivity contribution >= 4 is 5.78 Å². The highest BCUT2D eigenvalue weighted by atomic mass is 16.1. The summed E-state index contributed by atoms with van der Waals surface area (Å²) in [6, 6.07) is -0.216. The van der Waals surface area contributed by atoms with E-state index in [9.17, 15) is 4.79 Å². The van der Waals surface area contributed by atoms with Crippen LogP contribution in [0.4, 0.5) is 0 Å². The van der Waals surface area contributed by atoms with Crippen molar-refractivity contribution in [3.05, 3.63) is 0 Å². The zero-order chi connectivity index (χ0) is 9.14. The molecule has 2 N–H and O–H groups in total. The molecule has 1 rings (SSSR count). The van der Waals surface area contributed by atoms with Crippen molar-refractivity contribution in [3.8, 4) is 0 Å². The third-order valence-corrected chi connectivity index (χ3v) is 2.88. The molecule has 0 aliphatic heterocycles. The molecule has 0 amide bonds. The van der Waals surface area contributed by atoms with Gasteiger partial charge >= 0.3 is 0 Å². The van der Waals surface area contributed by atoms with E-state index in [1.54, 1.807) is 6.92 Å². The first-order valence-corrected chi connectivity index (χ1v) is 4.87.